The third-order valence-corrected chi connectivity index (χ3v) is 20.2. The zero-order chi connectivity index (χ0) is 43.0. The van der Waals surface area contributed by atoms with E-state index in [0.29, 0.717) is 37.8 Å². The molecule has 0 atom stereocenters. The highest BCUT2D eigenvalue weighted by Crippen LogP contribution is 2.64. The Bertz CT molecular complexity index is 3330. The summed E-state index contributed by atoms with van der Waals surface area (Å²) in [5.74, 6) is 2.06. The summed E-state index contributed by atoms with van der Waals surface area (Å²) < 4.78 is 35.8. The molecular weight excluding hydrogens is 903 g/mol. The van der Waals surface area contributed by atoms with Crippen LogP contribution in [0.25, 0.3) is 55.1 Å². The number of hydrogen-bond acceptors (Lipinski definition) is 15. The molecule has 0 radical (unpaired) electrons. The minimum atomic E-state index is -4.49. The maximum atomic E-state index is 14.9. The van der Waals surface area contributed by atoms with Gasteiger partial charge in [0, 0.05) is 37.9 Å². The molecule has 0 bridgehead atoms. The summed E-state index contributed by atoms with van der Waals surface area (Å²) in [6.07, 6.45) is 2.14. The SMILES string of the molecule is CCCSC1=C(SCCC)SC(=C2Sc3cc4nc(-c5ccc6c(=C(C#N)C#N)c7ccccc7c(=C(C#N)C#N)c6c5)n(S(=O)(=O)c5ccc([N+](=O)[O-])cc5)c4cc3S2)S1. The molecule has 0 spiro atoms. The highest BCUT2D eigenvalue weighted by Gasteiger charge is 2.32. The molecule has 18 heteroatoms. The van der Waals surface area contributed by atoms with Crippen molar-refractivity contribution >= 4 is 130 Å². The van der Waals surface area contributed by atoms with E-state index in [1.54, 1.807) is 89.5 Å². The highest BCUT2D eigenvalue weighted by atomic mass is 32.3. The zero-order valence-corrected chi connectivity index (χ0v) is 37.7. The van der Waals surface area contributed by atoms with Gasteiger partial charge >= 0.3 is 0 Å². The Morgan fingerprint density at radius 3 is 1.79 bits per heavy atom. The van der Waals surface area contributed by atoms with Gasteiger partial charge in [0.2, 0.25) is 0 Å². The van der Waals surface area contributed by atoms with Gasteiger partial charge in [-0.15, -0.1) is 23.5 Å². The Balaban J connectivity index is 1.37. The van der Waals surface area contributed by atoms with Gasteiger partial charge in [-0.05, 0) is 76.2 Å². The highest BCUT2D eigenvalue weighted by molar-refractivity contribution is 8.42. The van der Waals surface area contributed by atoms with Crippen molar-refractivity contribution < 1.29 is 13.3 Å². The van der Waals surface area contributed by atoms with Crippen LogP contribution in [0.1, 0.15) is 26.7 Å². The van der Waals surface area contributed by atoms with Crippen LogP contribution in [0.4, 0.5) is 5.69 Å². The van der Waals surface area contributed by atoms with E-state index in [4.69, 9.17) is 4.98 Å². The van der Waals surface area contributed by atoms with Crippen LogP contribution < -0.4 is 10.4 Å². The first-order chi connectivity index (χ1) is 29.6. The number of nitriles is 4. The van der Waals surface area contributed by atoms with Gasteiger partial charge in [0.25, 0.3) is 15.7 Å². The van der Waals surface area contributed by atoms with Crippen LogP contribution in [0.15, 0.2) is 110 Å². The molecule has 8 rings (SSSR count). The predicted octanol–water partition coefficient (Wildman–Crippen LogP) is 10.8. The zero-order valence-electron chi connectivity index (χ0n) is 32.0. The molecule has 2 aliphatic heterocycles. The number of hydrogen-bond donors (Lipinski definition) is 0. The number of aromatic nitrogens is 2. The van der Waals surface area contributed by atoms with Crippen molar-refractivity contribution in [1.82, 2.24) is 8.96 Å². The fraction of sp³-hybridized carbons (Fsp3) is 0.140. The summed E-state index contributed by atoms with van der Waals surface area (Å²) in [5.41, 5.74) is 0.282. The smallest absolute Gasteiger partial charge is 0.258 e. The van der Waals surface area contributed by atoms with E-state index in [2.05, 4.69) is 13.8 Å². The van der Waals surface area contributed by atoms with E-state index < -0.39 is 14.9 Å². The first-order valence-electron chi connectivity index (χ1n) is 18.4. The van der Waals surface area contributed by atoms with Crippen LogP contribution in [-0.4, -0.2) is 33.8 Å². The lowest BCUT2D eigenvalue weighted by molar-refractivity contribution is -0.384. The van der Waals surface area contributed by atoms with E-state index in [1.165, 1.54) is 24.8 Å². The lowest BCUT2D eigenvalue weighted by Crippen LogP contribution is -2.19. The van der Waals surface area contributed by atoms with Gasteiger partial charge in [-0.1, -0.05) is 97.3 Å². The Hall–Kier alpha value is -5.28. The summed E-state index contributed by atoms with van der Waals surface area (Å²) in [4.78, 5) is 17.4. The molecule has 6 aromatic rings. The second kappa shape index (κ2) is 17.6. The van der Waals surface area contributed by atoms with Crippen LogP contribution in [-0.2, 0) is 10.0 Å². The van der Waals surface area contributed by atoms with Gasteiger partial charge in [-0.3, -0.25) is 10.1 Å². The second-order valence-corrected chi connectivity index (χ2v) is 22.4. The van der Waals surface area contributed by atoms with Gasteiger partial charge in [-0.25, -0.2) is 17.4 Å². The fourth-order valence-electron chi connectivity index (χ4n) is 6.85. The lowest BCUT2D eigenvalue weighted by atomic mass is 9.92. The quantitative estimate of drug-likeness (QED) is 0.0715. The molecule has 0 amide bonds. The molecule has 300 valence electrons. The average molecular weight is 930 g/mol. The number of imidazole rings is 1. The molecule has 0 saturated carbocycles. The number of benzene rings is 5. The molecule has 0 unspecified atom stereocenters. The normalized spacial score (nSPS) is 13.6. The standard InChI is InChI=1S/C43H27N7O4S7/c1-3-15-55-40-41(56-16-4-2)60-43(59-40)42-57-35-18-33-34(19-36(35)58-42)49(61(53,54)28-12-10-27(11-13-28)50(51)52)39(48-33)24-9-14-31-32(17-24)38(26(22-46)23-47)30-8-6-5-7-29(30)37(31)25(20-44)21-45/h5-14,17-19H,3-4,15-16H2,1-2H3. The van der Waals surface area contributed by atoms with Crippen molar-refractivity contribution in [2.24, 2.45) is 0 Å². The number of nitro groups is 1. The van der Waals surface area contributed by atoms with Crippen molar-refractivity contribution in [3.63, 3.8) is 0 Å². The van der Waals surface area contributed by atoms with Crippen molar-refractivity contribution in [3.8, 4) is 35.7 Å². The maximum absolute atomic E-state index is 14.9. The van der Waals surface area contributed by atoms with Crippen LogP contribution in [0.3, 0.4) is 0 Å². The predicted molar refractivity (Wildman–Crippen MR) is 251 cm³/mol. The van der Waals surface area contributed by atoms with Crippen LogP contribution in [0.5, 0.6) is 0 Å². The third kappa shape index (κ3) is 7.68. The maximum Gasteiger partial charge on any atom is 0.269 e. The number of thioether (sulfide) groups is 6. The minimum Gasteiger partial charge on any atom is -0.258 e. The Morgan fingerprint density at radius 2 is 1.25 bits per heavy atom. The summed E-state index contributed by atoms with van der Waals surface area (Å²) in [6.45, 7) is 4.34. The molecule has 11 nitrogen and oxygen atoms in total. The van der Waals surface area contributed by atoms with Gasteiger partial charge < -0.3 is 0 Å². The topological polar surface area (TPSA) is 190 Å². The molecule has 0 N–H and O–H groups in total. The van der Waals surface area contributed by atoms with Crippen LogP contribution in [0.2, 0.25) is 0 Å². The Morgan fingerprint density at radius 1 is 0.721 bits per heavy atom. The van der Waals surface area contributed by atoms with Crippen molar-refractivity contribution in [2.45, 2.75) is 41.4 Å². The molecule has 3 heterocycles. The van der Waals surface area contributed by atoms with E-state index in [1.807, 2.05) is 59.9 Å². The summed E-state index contributed by atoms with van der Waals surface area (Å²) in [5, 5.41) is 54.2. The van der Waals surface area contributed by atoms with Crippen LogP contribution >= 0.6 is 70.6 Å². The van der Waals surface area contributed by atoms with Crippen molar-refractivity contribution in [2.75, 3.05) is 11.5 Å². The van der Waals surface area contributed by atoms with Gasteiger partial charge in [0.05, 0.1) is 37.8 Å². The van der Waals surface area contributed by atoms with Crippen molar-refractivity contribution in [3.05, 3.63) is 116 Å². The van der Waals surface area contributed by atoms with E-state index >= 15 is 0 Å². The number of rotatable bonds is 10. The first kappa shape index (κ1) is 42.4. The Labute approximate surface area is 375 Å². The summed E-state index contributed by atoms with van der Waals surface area (Å²) in [6, 6.07) is 28.0. The number of nitrogens with zero attached hydrogens (tertiary/aromatic N) is 7. The molecule has 0 saturated heterocycles. The molecule has 2 aliphatic rings. The third-order valence-electron chi connectivity index (χ3n) is 9.48. The molecule has 1 aromatic heterocycles. The molecule has 5 aromatic carbocycles. The van der Waals surface area contributed by atoms with Gasteiger partial charge in [0.15, 0.2) is 5.82 Å². The fourth-order valence-corrected chi connectivity index (χ4v) is 16.8. The molecule has 0 aliphatic carbocycles. The lowest BCUT2D eigenvalue weighted by Gasteiger charge is -2.13. The summed E-state index contributed by atoms with van der Waals surface area (Å²) in [7, 11) is -4.49. The largest absolute Gasteiger partial charge is 0.269 e. The van der Waals surface area contributed by atoms with Crippen molar-refractivity contribution in [1.29, 1.82) is 21.0 Å². The van der Waals surface area contributed by atoms with Gasteiger partial charge in [0.1, 0.15) is 35.4 Å². The van der Waals surface area contributed by atoms with Gasteiger partial charge in [-0.2, -0.15) is 21.0 Å². The Kier molecular flexibility index (Phi) is 12.2. The molecular formula is C43H27N7O4S7. The second-order valence-electron chi connectivity index (χ2n) is 13.3. The molecule has 61 heavy (non-hydrogen) atoms. The number of non-ortho nitro benzene ring substituents is 1. The average Bonchev–Trinajstić information content (AvgIpc) is 4.00. The molecule has 0 fully saturated rings. The monoisotopic (exact) mass is 929 g/mol. The van der Waals surface area contributed by atoms with E-state index in [0.717, 1.165) is 54.5 Å². The van der Waals surface area contributed by atoms with Crippen LogP contribution in [0, 0.1) is 55.4 Å². The number of fused-ring (bicyclic) bond motifs is 4. The van der Waals surface area contributed by atoms with E-state index in [-0.39, 0.29) is 38.3 Å². The first-order valence-corrected chi connectivity index (χ1v) is 25.1. The minimum absolute atomic E-state index is 0.00897. The summed E-state index contributed by atoms with van der Waals surface area (Å²) >= 11 is 10.5. The number of nitro benzene ring substituents is 1. The van der Waals surface area contributed by atoms with E-state index in [9.17, 15) is 39.6 Å².